The summed E-state index contributed by atoms with van der Waals surface area (Å²) < 4.78 is 41.6. The highest BCUT2D eigenvalue weighted by Crippen LogP contribution is 2.41. The molecule has 1 aromatic heterocycles. The van der Waals surface area contributed by atoms with Crippen LogP contribution in [0.3, 0.4) is 0 Å². The molecule has 0 aromatic carbocycles. The highest BCUT2D eigenvalue weighted by molar-refractivity contribution is 5.75. The number of hydrogen-bond donors (Lipinski definition) is 1. The largest absolute Gasteiger partial charge is 0.371 e. The predicted octanol–water partition coefficient (Wildman–Crippen LogP) is 4.07. The lowest BCUT2D eigenvalue weighted by molar-refractivity contribution is -0.138. The molecule has 2 saturated carbocycles. The molecule has 4 fully saturated rings. The fraction of sp³-hybridized carbons (Fsp3) is 0.880. The van der Waals surface area contributed by atoms with Crippen molar-refractivity contribution in [2.45, 2.75) is 114 Å². The zero-order valence-electron chi connectivity index (χ0n) is 21.1. The molecule has 0 unspecified atom stereocenters. The van der Waals surface area contributed by atoms with Gasteiger partial charge < -0.3 is 19.5 Å². The Morgan fingerprint density at radius 3 is 2.54 bits per heavy atom. The number of hydrogen-bond acceptors (Lipinski definition) is 6. The second-order valence-electron chi connectivity index (χ2n) is 11.5. The Labute approximate surface area is 206 Å². The molecule has 1 aromatic rings. The van der Waals surface area contributed by atoms with Gasteiger partial charge in [-0.1, -0.05) is 12.1 Å². The van der Waals surface area contributed by atoms with E-state index in [0.717, 1.165) is 32.4 Å². The van der Waals surface area contributed by atoms with Crippen LogP contribution >= 0.6 is 0 Å². The maximum atomic E-state index is 15.0. The zero-order valence-corrected chi connectivity index (χ0v) is 21.1. The number of urea groups is 1. The quantitative estimate of drug-likeness (QED) is 0.641. The topological polar surface area (TPSA) is 83.7 Å². The van der Waals surface area contributed by atoms with Crippen LogP contribution < -0.4 is 5.32 Å². The Bertz CT molecular complexity index is 897. The number of halogens is 2. The first kappa shape index (κ1) is 24.9. The van der Waals surface area contributed by atoms with E-state index in [-0.39, 0.29) is 17.9 Å². The number of amides is 2. The van der Waals surface area contributed by atoms with Crippen molar-refractivity contribution in [1.82, 2.24) is 25.3 Å². The molecule has 8 nitrogen and oxygen atoms in total. The van der Waals surface area contributed by atoms with E-state index in [1.54, 1.807) is 4.90 Å². The van der Waals surface area contributed by atoms with E-state index in [1.165, 1.54) is 0 Å². The molecule has 0 bridgehead atoms. The van der Waals surface area contributed by atoms with Crippen molar-refractivity contribution < 1.29 is 22.8 Å². The molecule has 1 N–H and O–H groups in total. The zero-order chi connectivity index (χ0) is 24.8. The van der Waals surface area contributed by atoms with E-state index in [1.807, 2.05) is 0 Å². The third kappa shape index (κ3) is 5.33. The molecule has 2 amide bonds. The van der Waals surface area contributed by atoms with Gasteiger partial charge in [0.1, 0.15) is 6.04 Å². The van der Waals surface area contributed by atoms with Gasteiger partial charge in [0.15, 0.2) is 5.82 Å². The second kappa shape index (κ2) is 9.57. The summed E-state index contributed by atoms with van der Waals surface area (Å²) in [6.45, 7) is 8.95. The third-order valence-corrected chi connectivity index (χ3v) is 8.44. The van der Waals surface area contributed by atoms with E-state index >= 15 is 0 Å². The minimum atomic E-state index is -2.98. The molecular weight excluding hydrogens is 456 g/mol. The normalized spacial score (nSPS) is 31.1. The molecule has 5 rings (SSSR count). The number of carbonyl (C=O) groups is 1. The van der Waals surface area contributed by atoms with Crippen LogP contribution in [0.2, 0.25) is 0 Å². The van der Waals surface area contributed by atoms with Crippen LogP contribution in [0.15, 0.2) is 4.52 Å². The van der Waals surface area contributed by atoms with Crippen LogP contribution in [0.25, 0.3) is 0 Å². The van der Waals surface area contributed by atoms with Crippen LogP contribution in [-0.2, 0) is 10.2 Å². The van der Waals surface area contributed by atoms with Gasteiger partial charge in [0.2, 0.25) is 5.89 Å². The van der Waals surface area contributed by atoms with Crippen LogP contribution in [0, 0.1) is 0 Å². The molecule has 2 aliphatic heterocycles. The van der Waals surface area contributed by atoms with Gasteiger partial charge >= 0.3 is 6.03 Å². The summed E-state index contributed by atoms with van der Waals surface area (Å²) >= 11 is 0. The van der Waals surface area contributed by atoms with Gasteiger partial charge in [0, 0.05) is 50.0 Å². The Morgan fingerprint density at radius 1 is 1.14 bits per heavy atom. The fourth-order valence-electron chi connectivity index (χ4n) is 5.69. The molecular formula is C25H39F2N5O3. The first-order valence-electron chi connectivity index (χ1n) is 13.3. The van der Waals surface area contributed by atoms with Gasteiger partial charge in [-0.3, -0.25) is 4.90 Å². The highest BCUT2D eigenvalue weighted by atomic mass is 19.3. The van der Waals surface area contributed by atoms with Gasteiger partial charge in [-0.25, -0.2) is 13.6 Å². The lowest BCUT2D eigenvalue weighted by Gasteiger charge is -2.42. The summed E-state index contributed by atoms with van der Waals surface area (Å²) in [4.78, 5) is 21.7. The number of nitrogens with one attached hydrogen (secondary N) is 1. The summed E-state index contributed by atoms with van der Waals surface area (Å²) in [6.07, 6.45) is 4.34. The van der Waals surface area contributed by atoms with Gasteiger partial charge in [-0.2, -0.15) is 4.98 Å². The molecule has 3 heterocycles. The highest BCUT2D eigenvalue weighted by Gasteiger charge is 2.50. The Hall–Kier alpha value is -1.81. The van der Waals surface area contributed by atoms with E-state index in [4.69, 9.17) is 9.26 Å². The number of rotatable bonds is 6. The molecule has 196 valence electrons. The van der Waals surface area contributed by atoms with E-state index in [2.05, 4.69) is 41.1 Å². The first-order chi connectivity index (χ1) is 16.6. The molecule has 4 aliphatic rings. The van der Waals surface area contributed by atoms with Gasteiger partial charge in [0.25, 0.3) is 5.92 Å². The van der Waals surface area contributed by atoms with Crippen molar-refractivity contribution >= 4 is 6.03 Å². The molecule has 3 atom stereocenters. The van der Waals surface area contributed by atoms with Crippen molar-refractivity contribution in [1.29, 1.82) is 0 Å². The maximum Gasteiger partial charge on any atom is 0.317 e. The van der Waals surface area contributed by atoms with Crippen molar-refractivity contribution in [3.63, 3.8) is 0 Å². The van der Waals surface area contributed by atoms with E-state index in [9.17, 15) is 13.6 Å². The van der Waals surface area contributed by atoms with Gasteiger partial charge in [-0.05, 0) is 58.8 Å². The Balaban J connectivity index is 1.18. The lowest BCUT2D eigenvalue weighted by atomic mass is 9.79. The number of alkyl halides is 2. The van der Waals surface area contributed by atoms with Crippen molar-refractivity contribution in [2.24, 2.45) is 0 Å². The molecule has 10 heteroatoms. The molecule has 2 aliphatic carbocycles. The minimum Gasteiger partial charge on any atom is -0.371 e. The predicted molar refractivity (Wildman–Crippen MR) is 126 cm³/mol. The van der Waals surface area contributed by atoms with Crippen LogP contribution in [0.1, 0.15) is 89.8 Å². The molecule has 2 saturated heterocycles. The number of aromatic nitrogens is 2. The number of carbonyl (C=O) groups excluding carboxylic acids is 1. The first-order valence-corrected chi connectivity index (χ1v) is 13.3. The second-order valence-corrected chi connectivity index (χ2v) is 11.5. The average Bonchev–Trinajstić information content (AvgIpc) is 3.33. The molecule has 35 heavy (non-hydrogen) atoms. The van der Waals surface area contributed by atoms with Crippen LogP contribution in [-0.4, -0.2) is 82.4 Å². The van der Waals surface area contributed by atoms with Gasteiger partial charge in [0.05, 0.1) is 12.2 Å². The van der Waals surface area contributed by atoms with Crippen molar-refractivity contribution in [3.8, 4) is 0 Å². The standard InChI is InChI=1S/C25H39F2N5O3/c1-16(2)32-12-8-18(15-32)34-19-5-4-9-25(26,27)20(19)28-23(33)31-13-10-24(3,11-14-31)22-29-21(35-30-22)17-6-7-17/h16-20H,4-15H2,1-3H3,(H,28,33)/t18-,19+,20-/m1/s1. The number of likely N-dealkylation sites (tertiary alicyclic amines) is 2. The van der Waals surface area contributed by atoms with E-state index in [0.29, 0.717) is 62.4 Å². The lowest BCUT2D eigenvalue weighted by Crippen LogP contribution is -2.61. The number of nitrogens with zero attached hydrogens (tertiary/aromatic N) is 4. The summed E-state index contributed by atoms with van der Waals surface area (Å²) in [5.41, 5.74) is -0.279. The van der Waals surface area contributed by atoms with Gasteiger partial charge in [-0.15, -0.1) is 0 Å². The summed E-state index contributed by atoms with van der Waals surface area (Å²) in [5.74, 6) is -1.18. The maximum absolute atomic E-state index is 15.0. The minimum absolute atomic E-state index is 0.0677. The van der Waals surface area contributed by atoms with Crippen LogP contribution in [0.4, 0.5) is 13.6 Å². The van der Waals surface area contributed by atoms with Crippen molar-refractivity contribution in [3.05, 3.63) is 11.7 Å². The number of ether oxygens (including phenoxy) is 1. The third-order valence-electron chi connectivity index (χ3n) is 8.44. The summed E-state index contributed by atoms with van der Waals surface area (Å²) in [6, 6.07) is -1.33. The fourth-order valence-corrected chi connectivity index (χ4v) is 5.69. The monoisotopic (exact) mass is 495 g/mol. The SMILES string of the molecule is CC(C)N1CC[C@@H](O[C@H]2CCCC(F)(F)[C@@H]2NC(=O)N2CCC(C)(c3noc(C4CC4)n3)CC2)C1. The van der Waals surface area contributed by atoms with E-state index < -0.39 is 24.1 Å². The Kier molecular flexibility index (Phi) is 6.80. The van der Waals surface area contributed by atoms with Crippen molar-refractivity contribution in [2.75, 3.05) is 26.2 Å². The summed E-state index contributed by atoms with van der Waals surface area (Å²) in [7, 11) is 0. The Morgan fingerprint density at radius 2 is 1.89 bits per heavy atom. The molecule has 0 radical (unpaired) electrons. The van der Waals surface area contributed by atoms with Crippen LogP contribution in [0.5, 0.6) is 0 Å². The average molecular weight is 496 g/mol. The smallest absolute Gasteiger partial charge is 0.317 e. The summed E-state index contributed by atoms with van der Waals surface area (Å²) in [5, 5.41) is 6.89. The number of piperidine rings is 1. The molecule has 0 spiro atoms.